The number of benzene rings is 2. The zero-order chi connectivity index (χ0) is 20.3. The summed E-state index contributed by atoms with van der Waals surface area (Å²) in [4.78, 5) is 28.3. The van der Waals surface area contributed by atoms with Gasteiger partial charge in [0.25, 0.3) is 11.4 Å². The maximum Gasteiger partial charge on any atom is 0.290 e. The summed E-state index contributed by atoms with van der Waals surface area (Å²) in [5.74, 6) is 0. The van der Waals surface area contributed by atoms with E-state index in [1.807, 2.05) is 28.8 Å². The molecule has 146 valence electrons. The second-order valence-corrected chi connectivity index (χ2v) is 7.03. The van der Waals surface area contributed by atoms with Crippen LogP contribution in [0.25, 0.3) is 11.0 Å². The number of hydrogen-bond donors (Lipinski definition) is 0. The fraction of sp³-hybridized carbons (Fsp3) is 0.278. The Morgan fingerprint density at radius 3 is 2.43 bits per heavy atom. The summed E-state index contributed by atoms with van der Waals surface area (Å²) in [6.07, 6.45) is 0. The summed E-state index contributed by atoms with van der Waals surface area (Å²) in [7, 11) is 0. The predicted octanol–water partition coefficient (Wildman–Crippen LogP) is 4.30. The van der Waals surface area contributed by atoms with E-state index in [0.29, 0.717) is 16.7 Å². The number of nitro groups is 2. The van der Waals surface area contributed by atoms with E-state index >= 15 is 0 Å². The second kappa shape index (κ2) is 8.36. The molecule has 0 saturated heterocycles. The van der Waals surface area contributed by atoms with Gasteiger partial charge in [-0.25, -0.2) is 4.98 Å². The highest BCUT2D eigenvalue weighted by molar-refractivity contribution is 7.99. The molecule has 0 aliphatic carbocycles. The number of fused-ring (bicyclic) bond motifs is 1. The molecule has 2 aromatic carbocycles. The van der Waals surface area contributed by atoms with Crippen LogP contribution in [-0.2, 0) is 6.67 Å². The first-order valence-corrected chi connectivity index (χ1v) is 9.54. The first kappa shape index (κ1) is 19.8. The minimum atomic E-state index is -0.642. The van der Waals surface area contributed by atoms with Crippen molar-refractivity contribution in [2.45, 2.75) is 30.6 Å². The zero-order valence-electron chi connectivity index (χ0n) is 15.4. The van der Waals surface area contributed by atoms with E-state index in [2.05, 4.69) is 23.7 Å². The van der Waals surface area contributed by atoms with Crippen molar-refractivity contribution in [3.8, 4) is 0 Å². The van der Waals surface area contributed by atoms with Crippen molar-refractivity contribution < 1.29 is 9.85 Å². The van der Waals surface area contributed by atoms with E-state index < -0.39 is 9.85 Å². The summed E-state index contributed by atoms with van der Waals surface area (Å²) in [5.41, 5.74) is 1.11. The molecule has 3 rings (SSSR count). The first-order valence-electron chi connectivity index (χ1n) is 8.72. The van der Waals surface area contributed by atoms with Gasteiger partial charge in [-0.2, -0.15) is 0 Å². The van der Waals surface area contributed by atoms with E-state index in [4.69, 9.17) is 0 Å². The largest absolute Gasteiger partial charge is 0.305 e. The quantitative estimate of drug-likeness (QED) is 0.409. The van der Waals surface area contributed by atoms with Crippen LogP contribution in [0.4, 0.5) is 11.4 Å². The Bertz CT molecular complexity index is 1030. The molecule has 0 atom stereocenters. The van der Waals surface area contributed by atoms with Crippen LogP contribution in [0.3, 0.4) is 0 Å². The molecular formula is C18H19N5O4S. The minimum Gasteiger partial charge on any atom is -0.305 e. The molecule has 1 heterocycles. The molecule has 0 fully saturated rings. The molecule has 3 aromatic rings. The molecule has 0 unspecified atom stereocenters. The van der Waals surface area contributed by atoms with Crippen molar-refractivity contribution in [3.05, 3.63) is 62.7 Å². The van der Waals surface area contributed by atoms with Gasteiger partial charge in [-0.1, -0.05) is 26.0 Å². The second-order valence-electron chi connectivity index (χ2n) is 6.02. The van der Waals surface area contributed by atoms with Gasteiger partial charge in [0.2, 0.25) is 0 Å². The standard InChI is InChI=1S/C18H19N5O4S/c1-3-20(4-2)12-21-15-8-6-5-7-14(15)19-18(21)28-17-10-9-13(22(24)25)11-16(17)23(26)27/h5-11H,3-4,12H2,1-2H3. The summed E-state index contributed by atoms with van der Waals surface area (Å²) in [5, 5.41) is 23.0. The molecule has 28 heavy (non-hydrogen) atoms. The molecule has 0 aliphatic rings. The fourth-order valence-corrected chi connectivity index (χ4v) is 3.82. The SMILES string of the molecule is CCN(CC)Cn1c(Sc2ccc([N+](=O)[O-])cc2[N+](=O)[O-])nc2ccccc21. The maximum absolute atomic E-state index is 11.4. The lowest BCUT2D eigenvalue weighted by Crippen LogP contribution is -2.26. The number of non-ortho nitro benzene ring substituents is 1. The van der Waals surface area contributed by atoms with Crippen molar-refractivity contribution in [2.75, 3.05) is 13.1 Å². The van der Waals surface area contributed by atoms with Crippen LogP contribution in [0.15, 0.2) is 52.5 Å². The van der Waals surface area contributed by atoms with Gasteiger partial charge in [0.1, 0.15) is 0 Å². The van der Waals surface area contributed by atoms with Crippen LogP contribution < -0.4 is 0 Å². The Kier molecular flexibility index (Phi) is 5.90. The summed E-state index contributed by atoms with van der Waals surface area (Å²) >= 11 is 1.14. The number of para-hydroxylation sites is 2. The third-order valence-corrected chi connectivity index (χ3v) is 5.47. The van der Waals surface area contributed by atoms with Gasteiger partial charge in [-0.15, -0.1) is 0 Å². The van der Waals surface area contributed by atoms with Crippen molar-refractivity contribution in [1.82, 2.24) is 14.5 Å². The summed E-state index contributed by atoms with van der Waals surface area (Å²) < 4.78 is 2.01. The van der Waals surface area contributed by atoms with Crippen molar-refractivity contribution in [2.24, 2.45) is 0 Å². The predicted molar refractivity (Wildman–Crippen MR) is 107 cm³/mol. The lowest BCUT2D eigenvalue weighted by molar-refractivity contribution is -0.396. The molecule has 1 aromatic heterocycles. The average Bonchev–Trinajstić information content (AvgIpc) is 3.02. The smallest absolute Gasteiger partial charge is 0.290 e. The molecule has 0 bridgehead atoms. The van der Waals surface area contributed by atoms with Gasteiger partial charge in [0, 0.05) is 6.07 Å². The Morgan fingerprint density at radius 1 is 1.07 bits per heavy atom. The van der Waals surface area contributed by atoms with Gasteiger partial charge >= 0.3 is 0 Å². The normalized spacial score (nSPS) is 11.2. The Balaban J connectivity index is 2.07. The Labute approximate surface area is 165 Å². The van der Waals surface area contributed by atoms with Gasteiger partial charge in [0.15, 0.2) is 5.16 Å². The van der Waals surface area contributed by atoms with E-state index in [0.717, 1.165) is 42.0 Å². The van der Waals surface area contributed by atoms with E-state index in [9.17, 15) is 20.2 Å². The Hall–Kier alpha value is -2.98. The number of rotatable bonds is 8. The third kappa shape index (κ3) is 3.97. The van der Waals surface area contributed by atoms with E-state index in [1.165, 1.54) is 12.1 Å². The average molecular weight is 401 g/mol. The molecule has 0 N–H and O–H groups in total. The van der Waals surface area contributed by atoms with Crippen molar-refractivity contribution >= 4 is 34.2 Å². The molecule has 0 amide bonds. The van der Waals surface area contributed by atoms with E-state index in [-0.39, 0.29) is 11.4 Å². The van der Waals surface area contributed by atoms with Crippen molar-refractivity contribution in [3.63, 3.8) is 0 Å². The molecule has 0 aliphatic heterocycles. The van der Waals surface area contributed by atoms with Crippen LogP contribution >= 0.6 is 11.8 Å². The van der Waals surface area contributed by atoms with Crippen LogP contribution in [-0.4, -0.2) is 37.4 Å². The number of hydrogen-bond acceptors (Lipinski definition) is 7. The maximum atomic E-state index is 11.4. The molecular weight excluding hydrogens is 382 g/mol. The molecule has 0 spiro atoms. The van der Waals surface area contributed by atoms with Crippen LogP contribution in [0.5, 0.6) is 0 Å². The monoisotopic (exact) mass is 401 g/mol. The van der Waals surface area contributed by atoms with Gasteiger partial charge < -0.3 is 4.57 Å². The molecule has 10 heteroatoms. The van der Waals surface area contributed by atoms with Gasteiger partial charge in [0.05, 0.1) is 38.5 Å². The number of aromatic nitrogens is 2. The first-order chi connectivity index (χ1) is 13.4. The summed E-state index contributed by atoms with van der Waals surface area (Å²) in [6, 6.07) is 11.3. The number of nitro benzene ring substituents is 2. The van der Waals surface area contributed by atoms with Gasteiger partial charge in [-0.05, 0) is 43.1 Å². The topological polar surface area (TPSA) is 107 Å². The summed E-state index contributed by atoms with van der Waals surface area (Å²) in [6.45, 7) is 6.43. The Morgan fingerprint density at radius 2 is 1.79 bits per heavy atom. The van der Waals surface area contributed by atoms with Crippen molar-refractivity contribution in [1.29, 1.82) is 0 Å². The number of imidazole rings is 1. The van der Waals surface area contributed by atoms with Crippen LogP contribution in [0, 0.1) is 20.2 Å². The van der Waals surface area contributed by atoms with E-state index in [1.54, 1.807) is 0 Å². The van der Waals surface area contributed by atoms with Gasteiger partial charge in [-0.3, -0.25) is 25.1 Å². The number of nitrogens with zero attached hydrogens (tertiary/aromatic N) is 5. The van der Waals surface area contributed by atoms with Crippen LogP contribution in [0.2, 0.25) is 0 Å². The zero-order valence-corrected chi connectivity index (χ0v) is 16.3. The third-order valence-electron chi connectivity index (χ3n) is 4.41. The highest BCUT2D eigenvalue weighted by Crippen LogP contribution is 2.37. The van der Waals surface area contributed by atoms with Crippen LogP contribution in [0.1, 0.15) is 13.8 Å². The highest BCUT2D eigenvalue weighted by atomic mass is 32.2. The molecule has 0 saturated carbocycles. The molecule has 0 radical (unpaired) electrons. The lowest BCUT2D eigenvalue weighted by atomic mass is 10.3. The molecule has 9 nitrogen and oxygen atoms in total. The lowest BCUT2D eigenvalue weighted by Gasteiger charge is -2.20. The minimum absolute atomic E-state index is 0.305. The fourth-order valence-electron chi connectivity index (χ4n) is 2.84. The highest BCUT2D eigenvalue weighted by Gasteiger charge is 2.23.